The zero-order chi connectivity index (χ0) is 13.7. The maximum Gasteiger partial charge on any atom is 0.264 e. The number of carbonyl (C=O) groups is 1. The van der Waals surface area contributed by atoms with Gasteiger partial charge in [-0.1, -0.05) is 11.8 Å². The number of aliphatic hydroxyl groups excluding tert-OH is 1. The molecule has 5 nitrogen and oxygen atoms in total. The van der Waals surface area contributed by atoms with E-state index < -0.39 is 0 Å². The van der Waals surface area contributed by atoms with Crippen LogP contribution in [0, 0.1) is 11.8 Å². The molecule has 0 aromatic carbocycles. The van der Waals surface area contributed by atoms with E-state index in [2.05, 4.69) is 11.8 Å². The molecule has 3 N–H and O–H groups in total. The van der Waals surface area contributed by atoms with Crippen LogP contribution in [-0.4, -0.2) is 54.9 Å². The number of ether oxygens (including phenoxy) is 1. The maximum atomic E-state index is 12.3. The van der Waals surface area contributed by atoms with E-state index >= 15 is 0 Å². The average molecular weight is 280 g/mol. The quantitative estimate of drug-likeness (QED) is 0.741. The van der Waals surface area contributed by atoms with Gasteiger partial charge in [0.2, 0.25) is 0 Å². The van der Waals surface area contributed by atoms with Crippen molar-refractivity contribution in [3.8, 4) is 11.8 Å². The Bertz CT molecular complexity index is 503. The Labute approximate surface area is 116 Å². The molecule has 2 rings (SSSR count). The van der Waals surface area contributed by atoms with Gasteiger partial charge in [-0.25, -0.2) is 0 Å². The zero-order valence-electron chi connectivity index (χ0n) is 10.5. The summed E-state index contributed by atoms with van der Waals surface area (Å²) in [7, 11) is 0. The fourth-order valence-electron chi connectivity index (χ4n) is 1.83. The van der Waals surface area contributed by atoms with Crippen molar-refractivity contribution in [2.24, 2.45) is 5.73 Å². The molecule has 1 unspecified atom stereocenters. The Morgan fingerprint density at radius 3 is 3.21 bits per heavy atom. The number of amides is 1. The molecule has 1 aliphatic rings. The van der Waals surface area contributed by atoms with E-state index in [-0.39, 0.29) is 18.6 Å². The van der Waals surface area contributed by atoms with Crippen molar-refractivity contribution in [2.45, 2.75) is 6.10 Å². The predicted molar refractivity (Wildman–Crippen MR) is 73.0 cm³/mol. The summed E-state index contributed by atoms with van der Waals surface area (Å²) < 4.78 is 5.32. The average Bonchev–Trinajstić information content (AvgIpc) is 2.93. The minimum Gasteiger partial charge on any atom is -0.394 e. The second-order valence-electron chi connectivity index (χ2n) is 4.10. The molecule has 0 spiro atoms. The second-order valence-corrected chi connectivity index (χ2v) is 5.18. The monoisotopic (exact) mass is 280 g/mol. The topological polar surface area (TPSA) is 75.8 Å². The highest BCUT2D eigenvalue weighted by Crippen LogP contribution is 2.19. The third-order valence-electron chi connectivity index (χ3n) is 2.76. The van der Waals surface area contributed by atoms with E-state index in [1.54, 1.807) is 11.0 Å². The van der Waals surface area contributed by atoms with Gasteiger partial charge in [-0.05, 0) is 12.1 Å². The summed E-state index contributed by atoms with van der Waals surface area (Å²) in [5.41, 5.74) is 5.31. The molecule has 1 aromatic rings. The van der Waals surface area contributed by atoms with Crippen molar-refractivity contribution < 1.29 is 14.6 Å². The number of carbonyl (C=O) groups excluding carboxylic acids is 1. The summed E-state index contributed by atoms with van der Waals surface area (Å²) in [5.74, 6) is 5.64. The second kappa shape index (κ2) is 6.68. The molecule has 19 heavy (non-hydrogen) atoms. The van der Waals surface area contributed by atoms with Crippen LogP contribution in [0.2, 0.25) is 0 Å². The minimum atomic E-state index is -0.283. The molecule has 1 saturated heterocycles. The Morgan fingerprint density at radius 1 is 1.63 bits per heavy atom. The van der Waals surface area contributed by atoms with Crippen LogP contribution in [0.15, 0.2) is 12.1 Å². The van der Waals surface area contributed by atoms with Gasteiger partial charge < -0.3 is 20.5 Å². The van der Waals surface area contributed by atoms with E-state index in [0.29, 0.717) is 31.1 Å². The first-order chi connectivity index (χ1) is 9.24. The first kappa shape index (κ1) is 14.0. The first-order valence-electron chi connectivity index (χ1n) is 6.05. The van der Waals surface area contributed by atoms with Crippen LogP contribution in [0.25, 0.3) is 0 Å². The molecular weight excluding hydrogens is 264 g/mol. The van der Waals surface area contributed by atoms with Gasteiger partial charge in [-0.2, -0.15) is 0 Å². The highest BCUT2D eigenvalue weighted by molar-refractivity contribution is 7.14. The van der Waals surface area contributed by atoms with Gasteiger partial charge >= 0.3 is 0 Å². The normalized spacial score (nSPS) is 18.8. The van der Waals surface area contributed by atoms with Crippen molar-refractivity contribution in [3.05, 3.63) is 21.9 Å². The molecule has 0 saturated carbocycles. The molecule has 0 aliphatic carbocycles. The number of hydrogen-bond acceptors (Lipinski definition) is 5. The fraction of sp³-hybridized carbons (Fsp3) is 0.462. The number of aliphatic hydroxyl groups is 1. The number of rotatable bonds is 2. The zero-order valence-corrected chi connectivity index (χ0v) is 11.3. The standard InChI is InChI=1S/C13H16N2O3S/c14-5-1-2-11-3-4-12(19-11)13(17)15-6-7-18-10(8-15)9-16/h3-4,10,16H,5-9,14H2. The van der Waals surface area contributed by atoms with Crippen molar-refractivity contribution in [1.82, 2.24) is 4.90 Å². The molecule has 102 valence electrons. The van der Waals surface area contributed by atoms with Gasteiger partial charge in [0.15, 0.2) is 0 Å². The number of nitrogens with zero attached hydrogens (tertiary/aromatic N) is 1. The summed E-state index contributed by atoms with van der Waals surface area (Å²) in [6, 6.07) is 3.60. The Balaban J connectivity index is 2.04. The molecule has 1 atom stereocenters. The lowest BCUT2D eigenvalue weighted by Gasteiger charge is -2.31. The van der Waals surface area contributed by atoms with Crippen LogP contribution in [0.1, 0.15) is 14.5 Å². The molecule has 1 amide bonds. The summed E-state index contributed by atoms with van der Waals surface area (Å²) in [6.07, 6.45) is -0.283. The van der Waals surface area contributed by atoms with Crippen molar-refractivity contribution in [1.29, 1.82) is 0 Å². The van der Waals surface area contributed by atoms with Crippen molar-refractivity contribution in [2.75, 3.05) is 32.8 Å². The lowest BCUT2D eigenvalue weighted by Crippen LogP contribution is -2.46. The van der Waals surface area contributed by atoms with E-state index in [9.17, 15) is 4.79 Å². The van der Waals surface area contributed by atoms with E-state index in [1.165, 1.54) is 11.3 Å². The molecule has 1 aliphatic heterocycles. The van der Waals surface area contributed by atoms with Crippen LogP contribution >= 0.6 is 11.3 Å². The molecular formula is C13H16N2O3S. The Kier molecular flexibility index (Phi) is 4.93. The van der Waals surface area contributed by atoms with Gasteiger partial charge in [-0.15, -0.1) is 11.3 Å². The maximum absolute atomic E-state index is 12.3. The Morgan fingerprint density at radius 2 is 2.47 bits per heavy atom. The summed E-state index contributed by atoms with van der Waals surface area (Å²) in [6.45, 7) is 1.68. The lowest BCUT2D eigenvalue weighted by atomic mass is 10.2. The molecule has 1 fully saturated rings. The molecule has 1 aromatic heterocycles. The number of nitrogens with two attached hydrogens (primary N) is 1. The van der Waals surface area contributed by atoms with Crippen LogP contribution in [0.5, 0.6) is 0 Å². The molecule has 2 heterocycles. The summed E-state index contributed by atoms with van der Waals surface area (Å²) in [4.78, 5) is 15.5. The van der Waals surface area contributed by atoms with E-state index in [1.807, 2.05) is 6.07 Å². The van der Waals surface area contributed by atoms with Crippen LogP contribution < -0.4 is 5.73 Å². The van der Waals surface area contributed by atoms with E-state index in [4.69, 9.17) is 15.6 Å². The number of hydrogen-bond donors (Lipinski definition) is 2. The summed E-state index contributed by atoms with van der Waals surface area (Å²) in [5, 5.41) is 9.07. The third-order valence-corrected chi connectivity index (χ3v) is 3.75. The fourth-order valence-corrected chi connectivity index (χ4v) is 2.68. The highest BCUT2D eigenvalue weighted by Gasteiger charge is 2.25. The molecule has 6 heteroatoms. The highest BCUT2D eigenvalue weighted by atomic mass is 32.1. The van der Waals surface area contributed by atoms with Crippen LogP contribution in [0.3, 0.4) is 0 Å². The first-order valence-corrected chi connectivity index (χ1v) is 6.86. The SMILES string of the molecule is NCC#Cc1ccc(C(=O)N2CCOC(CO)C2)s1. The minimum absolute atomic E-state index is 0.0347. The molecule has 0 bridgehead atoms. The summed E-state index contributed by atoms with van der Waals surface area (Å²) >= 11 is 1.36. The Hall–Kier alpha value is -1.39. The molecule has 0 radical (unpaired) electrons. The van der Waals surface area contributed by atoms with Gasteiger partial charge in [0.25, 0.3) is 5.91 Å². The van der Waals surface area contributed by atoms with Crippen molar-refractivity contribution >= 4 is 17.2 Å². The largest absolute Gasteiger partial charge is 0.394 e. The lowest BCUT2D eigenvalue weighted by molar-refractivity contribution is -0.0446. The van der Waals surface area contributed by atoms with Crippen LogP contribution in [0.4, 0.5) is 0 Å². The third kappa shape index (κ3) is 3.55. The van der Waals surface area contributed by atoms with E-state index in [0.717, 1.165) is 4.88 Å². The van der Waals surface area contributed by atoms with Gasteiger partial charge in [-0.3, -0.25) is 4.79 Å². The smallest absolute Gasteiger partial charge is 0.264 e. The number of morpholine rings is 1. The predicted octanol–water partition coefficient (Wildman–Crippen LogP) is -0.108. The van der Waals surface area contributed by atoms with Gasteiger partial charge in [0.1, 0.15) is 0 Å². The number of thiophene rings is 1. The van der Waals surface area contributed by atoms with Gasteiger partial charge in [0.05, 0.1) is 35.6 Å². The van der Waals surface area contributed by atoms with Gasteiger partial charge in [0, 0.05) is 13.1 Å². The van der Waals surface area contributed by atoms with Crippen LogP contribution in [-0.2, 0) is 4.74 Å². The van der Waals surface area contributed by atoms with Crippen molar-refractivity contribution in [3.63, 3.8) is 0 Å².